The molecule has 11 nitrogen and oxygen atoms in total. The number of anilines is 5. The topological polar surface area (TPSA) is 106 Å². The van der Waals surface area contributed by atoms with E-state index in [4.69, 9.17) is 4.74 Å². The van der Waals surface area contributed by atoms with Gasteiger partial charge >= 0.3 is 74.9 Å². The molecule has 12 heteroatoms. The van der Waals surface area contributed by atoms with Gasteiger partial charge in [-0.2, -0.15) is 35.7 Å². The predicted molar refractivity (Wildman–Crippen MR) is 184 cm³/mol. The molecule has 4 heterocycles. The van der Waals surface area contributed by atoms with Crippen molar-refractivity contribution in [3.8, 4) is 0 Å². The fourth-order valence-corrected chi connectivity index (χ4v) is 5.56. The van der Waals surface area contributed by atoms with Gasteiger partial charge in [0.05, 0.1) is 12.6 Å². The summed E-state index contributed by atoms with van der Waals surface area (Å²) in [5.74, 6) is 1.05. The van der Waals surface area contributed by atoms with Crippen molar-refractivity contribution in [3.05, 3.63) is 92.9 Å². The molecule has 2 fully saturated rings. The molecular formula is C35H45CsN8O3-2. The minimum Gasteiger partial charge on any atom is -0.379 e. The molecule has 6 rings (SSSR count). The summed E-state index contributed by atoms with van der Waals surface area (Å²) in [5.41, 5.74) is 4.90. The quantitative estimate of drug-likeness (QED) is 0.265. The monoisotopic (exact) mass is 758 g/mol. The number of nitrogens with zero attached hydrogens (tertiary/aromatic N) is 6. The van der Waals surface area contributed by atoms with E-state index in [0.717, 1.165) is 55.1 Å². The number of likely N-dealkylation sites (N-methyl/N-ethyl adjacent to an activating group) is 1. The summed E-state index contributed by atoms with van der Waals surface area (Å²) in [6, 6.07) is 17.0. The van der Waals surface area contributed by atoms with Gasteiger partial charge in [0, 0.05) is 62.5 Å². The van der Waals surface area contributed by atoms with E-state index in [0.29, 0.717) is 44.5 Å². The largest absolute Gasteiger partial charge is 1.00 e. The van der Waals surface area contributed by atoms with Crippen LogP contribution < -0.4 is 94.2 Å². The van der Waals surface area contributed by atoms with Crippen molar-refractivity contribution in [3.63, 3.8) is 0 Å². The van der Waals surface area contributed by atoms with Crippen LogP contribution in [0.1, 0.15) is 24.0 Å². The van der Waals surface area contributed by atoms with E-state index in [1.54, 1.807) is 22.1 Å². The third-order valence-corrected chi connectivity index (χ3v) is 8.11. The van der Waals surface area contributed by atoms with Crippen LogP contribution in [0.3, 0.4) is 0 Å². The number of carbonyl (C=O) groups is 2. The number of rotatable bonds is 8. The fraction of sp³-hybridized carbons (Fsp3) is 0.371. The van der Waals surface area contributed by atoms with Gasteiger partial charge in [0.25, 0.3) is 0 Å². The maximum absolute atomic E-state index is 12.5. The number of carbonyl (C=O) groups excluding carboxylic acids is 2. The Kier molecular flexibility index (Phi) is 15.7. The first-order valence-corrected chi connectivity index (χ1v) is 15.4. The molecule has 0 bridgehead atoms. The molecule has 0 saturated carbocycles. The van der Waals surface area contributed by atoms with Gasteiger partial charge < -0.3 is 44.4 Å². The number of nitrogens with one attached hydrogen (secondary N) is 2. The number of benzene rings is 2. The second kappa shape index (κ2) is 18.9. The Hall–Kier alpha value is -2.43. The average Bonchev–Trinajstić information content (AvgIpc) is 3.59. The number of para-hydroxylation sites is 1. The molecule has 3 aliphatic heterocycles. The first kappa shape index (κ1) is 39.0. The number of fused-ring (bicyclic) bond motifs is 1. The van der Waals surface area contributed by atoms with Crippen molar-refractivity contribution in [1.82, 2.24) is 20.2 Å². The van der Waals surface area contributed by atoms with Crippen molar-refractivity contribution >= 4 is 40.8 Å². The van der Waals surface area contributed by atoms with Crippen LogP contribution in [0.15, 0.2) is 61.3 Å². The van der Waals surface area contributed by atoms with Crippen molar-refractivity contribution in [1.29, 1.82) is 0 Å². The maximum Gasteiger partial charge on any atom is 1.00 e. The smallest absolute Gasteiger partial charge is 0.379 e. The Labute approximate surface area is 338 Å². The molecule has 246 valence electrons. The van der Waals surface area contributed by atoms with E-state index in [1.165, 1.54) is 11.8 Å². The number of hydrogen-bond acceptors (Lipinski definition) is 8. The Morgan fingerprint density at radius 1 is 1.23 bits per heavy atom. The molecule has 0 spiro atoms. The molecule has 2 saturated heterocycles. The Balaban J connectivity index is 0.000000302. The second-order valence-corrected chi connectivity index (χ2v) is 11.3. The number of urea groups is 1. The van der Waals surface area contributed by atoms with Crippen molar-refractivity contribution < 1.29 is 83.2 Å². The van der Waals surface area contributed by atoms with E-state index < -0.39 is 0 Å². The Morgan fingerprint density at radius 3 is 2.62 bits per heavy atom. The van der Waals surface area contributed by atoms with Gasteiger partial charge in [-0.15, -0.1) is 5.56 Å². The van der Waals surface area contributed by atoms with Crippen LogP contribution in [-0.4, -0.2) is 85.8 Å². The molecule has 0 aliphatic carbocycles. The summed E-state index contributed by atoms with van der Waals surface area (Å²) in [6.07, 6.45) is 4.58. The van der Waals surface area contributed by atoms with Gasteiger partial charge in [-0.25, -0.2) is 9.78 Å². The summed E-state index contributed by atoms with van der Waals surface area (Å²) in [4.78, 5) is 41.3. The van der Waals surface area contributed by atoms with Crippen molar-refractivity contribution in [2.75, 3.05) is 73.0 Å². The summed E-state index contributed by atoms with van der Waals surface area (Å²) in [7, 11) is 2.16. The summed E-state index contributed by atoms with van der Waals surface area (Å²) < 4.78 is 5.48. The van der Waals surface area contributed by atoms with E-state index in [9.17, 15) is 9.59 Å². The van der Waals surface area contributed by atoms with Crippen LogP contribution >= 0.6 is 0 Å². The zero-order valence-corrected chi connectivity index (χ0v) is 34.4. The first-order valence-electron chi connectivity index (χ1n) is 15.4. The van der Waals surface area contributed by atoms with Crippen molar-refractivity contribution in [2.45, 2.75) is 32.4 Å². The molecule has 1 aromatic heterocycles. The van der Waals surface area contributed by atoms with E-state index in [-0.39, 0.29) is 94.3 Å². The van der Waals surface area contributed by atoms with Gasteiger partial charge in [-0.3, -0.25) is 9.69 Å². The van der Waals surface area contributed by atoms with Crippen LogP contribution in [-0.2, 0) is 16.1 Å². The number of aryl methyl sites for hydroxylation is 1. The normalized spacial score (nSPS) is 17.2. The molecule has 3 aliphatic rings. The van der Waals surface area contributed by atoms with Crippen LogP contribution in [0.5, 0.6) is 0 Å². The molecular weight excluding hydrogens is 713 g/mol. The number of hydrogen-bond donors (Lipinski definition) is 2. The molecule has 3 aromatic rings. The van der Waals surface area contributed by atoms with Crippen LogP contribution in [0, 0.1) is 27.3 Å². The molecule has 3 amide bonds. The summed E-state index contributed by atoms with van der Waals surface area (Å²) >= 11 is 0. The number of amides is 3. The molecule has 1 unspecified atom stereocenters. The molecule has 0 radical (unpaired) electrons. The number of ether oxygens (including phenoxy) is 1. The number of piperazine rings is 1. The van der Waals surface area contributed by atoms with Gasteiger partial charge in [0.1, 0.15) is 5.82 Å². The van der Waals surface area contributed by atoms with Crippen molar-refractivity contribution in [2.24, 2.45) is 0 Å². The molecule has 47 heavy (non-hydrogen) atoms. The van der Waals surface area contributed by atoms with Gasteiger partial charge in [-0.05, 0) is 50.4 Å². The molecule has 2 N–H and O–H groups in total. The van der Waals surface area contributed by atoms with Crippen LogP contribution in [0.2, 0.25) is 0 Å². The first-order chi connectivity index (χ1) is 21.9. The zero-order valence-electron chi connectivity index (χ0n) is 28.2. The zero-order chi connectivity index (χ0) is 31.8. The third kappa shape index (κ3) is 10.0. The standard InChI is InChI=1S/C21H27N7O2.C13H15NO.CH3.Cs/c1-26-7-9-27(10-8-26)17-4-2-16(3-5-17)24-20-22-12-15-13-23-21(29)28(19(15)25-20)18-6-11-30-14-18;1-4-10-14(13(15)5-2)12-9-7-6-8-11(12)3;;/h2-5,12,18H,6-11,13-14H2,1H3,(H,23,29)(H,22,24,25);5-8H,1-2,4,10H2,3H3;1H3;/q;-2;-1;+1. The van der Waals surface area contributed by atoms with Gasteiger partial charge in [0.15, 0.2) is 0 Å². The maximum atomic E-state index is 12.5. The number of aromatic nitrogens is 2. The minimum atomic E-state index is -0.126. The SMILES string of the molecule is C=CC(=O)N(CC[CH2-])c1[c-]cccc1C.CN1CCN(c2ccc(Nc3ncc4c(n3)N(C3CCOC3)C(=O)NC4)cc2)CC1.[CH3-].[Cs+]. The van der Waals surface area contributed by atoms with Gasteiger partial charge in [-0.1, -0.05) is 19.2 Å². The minimum absolute atomic E-state index is 0. The second-order valence-electron chi connectivity index (χ2n) is 11.3. The average molecular weight is 759 g/mol. The van der Waals surface area contributed by atoms with E-state index >= 15 is 0 Å². The van der Waals surface area contributed by atoms with Gasteiger partial charge in [0.2, 0.25) is 11.9 Å². The molecule has 2 aromatic carbocycles. The summed E-state index contributed by atoms with van der Waals surface area (Å²) in [6.45, 7) is 15.7. The fourth-order valence-electron chi connectivity index (χ4n) is 5.56. The molecule has 1 atom stereocenters. The van der Waals surface area contributed by atoms with E-state index in [2.05, 4.69) is 69.2 Å². The third-order valence-electron chi connectivity index (χ3n) is 8.11. The summed E-state index contributed by atoms with van der Waals surface area (Å²) in [5, 5.41) is 6.18. The predicted octanol–water partition coefficient (Wildman–Crippen LogP) is 1.78. The van der Waals surface area contributed by atoms with Crippen LogP contribution in [0.4, 0.5) is 33.6 Å². The van der Waals surface area contributed by atoms with Crippen LogP contribution in [0.25, 0.3) is 0 Å². The Morgan fingerprint density at radius 2 is 1.98 bits per heavy atom. The van der Waals surface area contributed by atoms with E-state index in [1.807, 2.05) is 31.2 Å². The Bertz CT molecular complexity index is 1470.